The first kappa shape index (κ1) is 13.9. The second-order valence-electron chi connectivity index (χ2n) is 4.36. The zero-order chi connectivity index (χ0) is 14.5. The van der Waals surface area contributed by atoms with Gasteiger partial charge >= 0.3 is 5.97 Å². The van der Waals surface area contributed by atoms with E-state index in [2.05, 4.69) is 5.32 Å². The van der Waals surface area contributed by atoms with Gasteiger partial charge in [0.1, 0.15) is 12.3 Å². The van der Waals surface area contributed by atoms with E-state index in [4.69, 9.17) is 9.84 Å². The van der Waals surface area contributed by atoms with E-state index >= 15 is 0 Å². The molecule has 6 nitrogen and oxygen atoms in total. The Balaban J connectivity index is 2.02. The number of fused-ring (bicyclic) bond motifs is 1. The molecule has 0 radical (unpaired) electrons. The molecule has 0 saturated carbocycles. The van der Waals surface area contributed by atoms with Crippen LogP contribution in [0.1, 0.15) is 6.42 Å². The van der Waals surface area contributed by atoms with Crippen LogP contribution in [0.3, 0.4) is 0 Å². The Morgan fingerprint density at radius 1 is 1.35 bits per heavy atom. The summed E-state index contributed by atoms with van der Waals surface area (Å²) in [5.74, 6) is -0.371. The highest BCUT2D eigenvalue weighted by molar-refractivity contribution is 5.84. The number of methoxy groups -OCH3 is 1. The first-order valence-corrected chi connectivity index (χ1v) is 6.21. The summed E-state index contributed by atoms with van der Waals surface area (Å²) in [5.41, 5.74) is 0.930. The molecule has 20 heavy (non-hydrogen) atoms. The number of amides is 1. The van der Waals surface area contributed by atoms with Gasteiger partial charge in [0.15, 0.2) is 0 Å². The number of carbonyl (C=O) groups excluding carboxylic acids is 1. The third-order valence-corrected chi connectivity index (χ3v) is 2.95. The fourth-order valence-corrected chi connectivity index (χ4v) is 1.96. The summed E-state index contributed by atoms with van der Waals surface area (Å²) >= 11 is 0. The fraction of sp³-hybridized carbons (Fsp3) is 0.286. The number of nitrogens with zero attached hydrogens (tertiary/aromatic N) is 1. The molecule has 0 fully saturated rings. The van der Waals surface area contributed by atoms with Gasteiger partial charge in [0, 0.05) is 23.6 Å². The minimum absolute atomic E-state index is 0.0740. The third kappa shape index (κ3) is 3.28. The number of aromatic nitrogens is 1. The van der Waals surface area contributed by atoms with Crippen LogP contribution in [-0.2, 0) is 16.1 Å². The van der Waals surface area contributed by atoms with E-state index in [1.165, 1.54) is 0 Å². The van der Waals surface area contributed by atoms with Crippen LogP contribution in [0.2, 0.25) is 0 Å². The standard InChI is InChI=1S/C14H16N2O4/c1-20-11-2-3-12-10(8-11)5-7-16(12)9-13(17)15-6-4-14(18)19/h2-3,5,7-8H,4,6,9H2,1H3,(H,15,17)(H,18,19). The molecule has 1 aromatic heterocycles. The Hall–Kier alpha value is -2.50. The fourth-order valence-electron chi connectivity index (χ4n) is 1.96. The molecule has 0 spiro atoms. The maximum atomic E-state index is 11.7. The smallest absolute Gasteiger partial charge is 0.305 e. The quantitative estimate of drug-likeness (QED) is 0.832. The van der Waals surface area contributed by atoms with Crippen molar-refractivity contribution in [3.8, 4) is 5.75 Å². The monoisotopic (exact) mass is 276 g/mol. The molecule has 0 saturated heterocycles. The Morgan fingerprint density at radius 3 is 2.85 bits per heavy atom. The summed E-state index contributed by atoms with van der Waals surface area (Å²) < 4.78 is 6.95. The molecule has 2 aromatic rings. The van der Waals surface area contributed by atoms with Gasteiger partial charge in [-0.25, -0.2) is 0 Å². The van der Waals surface area contributed by atoms with E-state index in [1.54, 1.807) is 7.11 Å². The zero-order valence-electron chi connectivity index (χ0n) is 11.1. The molecule has 106 valence electrons. The molecule has 1 heterocycles. The van der Waals surface area contributed by atoms with Gasteiger partial charge in [-0.3, -0.25) is 9.59 Å². The van der Waals surface area contributed by atoms with Crippen LogP contribution < -0.4 is 10.1 Å². The Kier molecular flexibility index (Phi) is 4.24. The first-order valence-electron chi connectivity index (χ1n) is 6.21. The van der Waals surface area contributed by atoms with E-state index in [0.717, 1.165) is 16.7 Å². The lowest BCUT2D eigenvalue weighted by Crippen LogP contribution is -2.29. The van der Waals surface area contributed by atoms with Gasteiger partial charge in [-0.1, -0.05) is 0 Å². The summed E-state index contributed by atoms with van der Waals surface area (Å²) in [4.78, 5) is 22.1. The number of aliphatic carboxylic acids is 1. The average Bonchev–Trinajstić information content (AvgIpc) is 2.80. The minimum Gasteiger partial charge on any atom is -0.497 e. The van der Waals surface area contributed by atoms with E-state index < -0.39 is 5.97 Å². The van der Waals surface area contributed by atoms with Crippen LogP contribution in [0.4, 0.5) is 0 Å². The molecule has 0 bridgehead atoms. The molecule has 2 N–H and O–H groups in total. The van der Waals surface area contributed by atoms with Crippen molar-refractivity contribution < 1.29 is 19.4 Å². The molecular weight excluding hydrogens is 260 g/mol. The predicted octanol–water partition coefficient (Wildman–Crippen LogP) is 1.24. The van der Waals surface area contributed by atoms with Gasteiger partial charge in [0.25, 0.3) is 0 Å². The Morgan fingerprint density at radius 2 is 2.15 bits per heavy atom. The lowest BCUT2D eigenvalue weighted by Gasteiger charge is -2.07. The molecule has 6 heteroatoms. The number of carbonyl (C=O) groups is 2. The number of nitrogens with one attached hydrogen (secondary N) is 1. The summed E-state index contributed by atoms with van der Waals surface area (Å²) in [7, 11) is 1.61. The molecule has 0 aliphatic heterocycles. The molecule has 1 aromatic carbocycles. The molecule has 0 unspecified atom stereocenters. The number of benzene rings is 1. The van der Waals surface area contributed by atoms with Crippen molar-refractivity contribution in [3.63, 3.8) is 0 Å². The van der Waals surface area contributed by atoms with E-state index in [1.807, 2.05) is 35.0 Å². The van der Waals surface area contributed by atoms with Crippen molar-refractivity contribution in [1.29, 1.82) is 0 Å². The first-order chi connectivity index (χ1) is 9.60. The topological polar surface area (TPSA) is 80.6 Å². The van der Waals surface area contributed by atoms with Gasteiger partial charge in [-0.05, 0) is 24.3 Å². The van der Waals surface area contributed by atoms with Gasteiger partial charge in [-0.15, -0.1) is 0 Å². The highest BCUT2D eigenvalue weighted by atomic mass is 16.5. The molecule has 2 rings (SSSR count). The second-order valence-corrected chi connectivity index (χ2v) is 4.36. The second kappa shape index (κ2) is 6.10. The Labute approximate surface area is 116 Å². The van der Waals surface area contributed by atoms with Crippen molar-refractivity contribution in [3.05, 3.63) is 30.5 Å². The number of hydrogen-bond acceptors (Lipinski definition) is 3. The number of rotatable bonds is 6. The normalized spacial score (nSPS) is 10.4. The van der Waals surface area contributed by atoms with Gasteiger partial charge < -0.3 is 19.7 Å². The maximum Gasteiger partial charge on any atom is 0.305 e. The van der Waals surface area contributed by atoms with Gasteiger partial charge in [-0.2, -0.15) is 0 Å². The van der Waals surface area contributed by atoms with Crippen LogP contribution in [0.25, 0.3) is 10.9 Å². The number of ether oxygens (including phenoxy) is 1. The zero-order valence-corrected chi connectivity index (χ0v) is 11.1. The predicted molar refractivity (Wildman–Crippen MR) is 73.8 cm³/mol. The average molecular weight is 276 g/mol. The minimum atomic E-state index is -0.927. The largest absolute Gasteiger partial charge is 0.497 e. The summed E-state index contributed by atoms with van der Waals surface area (Å²) in [6.45, 7) is 0.302. The van der Waals surface area contributed by atoms with Crippen molar-refractivity contribution in [2.75, 3.05) is 13.7 Å². The van der Waals surface area contributed by atoms with E-state index in [0.29, 0.717) is 0 Å². The summed E-state index contributed by atoms with van der Waals surface area (Å²) in [6, 6.07) is 7.52. The van der Waals surface area contributed by atoms with Crippen molar-refractivity contribution in [1.82, 2.24) is 9.88 Å². The van der Waals surface area contributed by atoms with Gasteiger partial charge in [0.2, 0.25) is 5.91 Å². The van der Waals surface area contributed by atoms with Crippen LogP contribution in [-0.4, -0.2) is 35.2 Å². The number of hydrogen-bond donors (Lipinski definition) is 2. The molecule has 0 aliphatic rings. The van der Waals surface area contributed by atoms with Crippen molar-refractivity contribution in [2.24, 2.45) is 0 Å². The van der Waals surface area contributed by atoms with Crippen LogP contribution in [0, 0.1) is 0 Å². The lowest BCUT2D eigenvalue weighted by atomic mass is 10.2. The van der Waals surface area contributed by atoms with Crippen molar-refractivity contribution in [2.45, 2.75) is 13.0 Å². The summed E-state index contributed by atoms with van der Waals surface area (Å²) in [5, 5.41) is 12.1. The SMILES string of the molecule is COc1ccc2c(ccn2CC(=O)NCCC(=O)O)c1. The molecule has 0 aliphatic carbocycles. The highest BCUT2D eigenvalue weighted by Gasteiger charge is 2.07. The van der Waals surface area contributed by atoms with Crippen molar-refractivity contribution >= 4 is 22.8 Å². The van der Waals surface area contributed by atoms with Gasteiger partial charge in [0.05, 0.1) is 13.5 Å². The van der Waals surface area contributed by atoms with Crippen LogP contribution in [0.5, 0.6) is 5.75 Å². The van der Waals surface area contributed by atoms with E-state index in [-0.39, 0.29) is 25.4 Å². The van der Waals surface area contributed by atoms with E-state index in [9.17, 15) is 9.59 Å². The number of carboxylic acid groups (broad SMARTS) is 1. The van der Waals surface area contributed by atoms with Crippen LogP contribution >= 0.6 is 0 Å². The lowest BCUT2D eigenvalue weighted by molar-refractivity contribution is -0.136. The van der Waals surface area contributed by atoms with Crippen LogP contribution in [0.15, 0.2) is 30.5 Å². The summed E-state index contributed by atoms with van der Waals surface area (Å²) in [6.07, 6.45) is 1.75. The highest BCUT2D eigenvalue weighted by Crippen LogP contribution is 2.21. The number of carboxylic acids is 1. The third-order valence-electron chi connectivity index (χ3n) is 2.95. The molecular formula is C14H16N2O4. The Bertz CT molecular complexity index is 633. The molecule has 1 amide bonds. The maximum absolute atomic E-state index is 11.7. The molecule has 0 atom stereocenters.